The van der Waals surface area contributed by atoms with Crippen molar-refractivity contribution >= 4 is 32.1 Å². The topological polar surface area (TPSA) is 145 Å². The molecule has 0 aliphatic carbocycles. The molecule has 0 heterocycles. The maximum absolute atomic E-state index is 12.2. The molecule has 1 rings (SSSR count). The van der Waals surface area contributed by atoms with Gasteiger partial charge in [0, 0.05) is 5.56 Å². The molecule has 2 N–H and O–H groups in total. The molecule has 0 fully saturated rings. The van der Waals surface area contributed by atoms with Crippen LogP contribution in [0.15, 0.2) is 35.5 Å². The predicted octanol–water partition coefficient (Wildman–Crippen LogP) is -0.774. The smallest absolute Gasteiger partial charge is 0.325 e. The minimum absolute atomic E-state index is 0.0312. The fraction of sp³-hybridized carbons (Fsp3) is 0.200. The third-order valence-electron chi connectivity index (χ3n) is 1.89. The average molecular weight is 351 g/mol. The molecule has 0 unspecified atom stereocenters. The monoisotopic (exact) mass is 351 g/mol. The summed E-state index contributed by atoms with van der Waals surface area (Å²) in [5, 5.41) is 3.06. The van der Waals surface area contributed by atoms with Crippen LogP contribution in [0, 0.1) is 0 Å². The zero-order valence-corrected chi connectivity index (χ0v) is 13.2. The van der Waals surface area contributed by atoms with Gasteiger partial charge in [-0.1, -0.05) is 18.2 Å². The number of hydrogen-bond donors (Lipinski definition) is 1. The molecule has 0 bridgehead atoms. The highest BCUT2D eigenvalue weighted by Gasteiger charge is 2.25. The van der Waals surface area contributed by atoms with Crippen LogP contribution in [-0.2, 0) is 28.8 Å². The van der Waals surface area contributed by atoms with Crippen molar-refractivity contribution in [1.82, 2.24) is 5.06 Å². The molecule has 0 spiro atoms. The molecular weight excluding hydrogens is 338 g/mol. The van der Waals surface area contributed by atoms with Gasteiger partial charge in [-0.15, -0.1) is 9.35 Å². The van der Waals surface area contributed by atoms with Gasteiger partial charge in [-0.25, -0.2) is 0 Å². The van der Waals surface area contributed by atoms with Crippen LogP contribution in [0.2, 0.25) is 0 Å². The summed E-state index contributed by atoms with van der Waals surface area (Å²) in [6.07, 6.45) is 1.35. The van der Waals surface area contributed by atoms with Gasteiger partial charge in [0.1, 0.15) is 0 Å². The van der Waals surface area contributed by atoms with Crippen LogP contribution in [0.4, 0.5) is 0 Å². The van der Waals surface area contributed by atoms with Crippen LogP contribution < -0.4 is 5.73 Å². The lowest BCUT2D eigenvalue weighted by Gasteiger charge is -2.18. The number of oxime groups is 1. The van der Waals surface area contributed by atoms with Crippen LogP contribution in [0.3, 0.4) is 0 Å². The number of benzene rings is 1. The zero-order chi connectivity index (χ0) is 17.0. The Morgan fingerprint density at radius 2 is 1.64 bits per heavy atom. The molecule has 1 aromatic rings. The molecule has 12 heteroatoms. The van der Waals surface area contributed by atoms with Crippen molar-refractivity contribution < 1.29 is 30.2 Å². The molecule has 10 nitrogen and oxygen atoms in total. The standard InChI is InChI=1S/C10H13N3O7S2/c1-21(15,16)19-12-10(11)13(20-22(2,17)18)9(14)8-6-4-3-5-7-8/h3-7H,1-2H3,(H2,11,12). The molecule has 1 aromatic carbocycles. The minimum atomic E-state index is -4.14. The number of carbonyl (C=O) groups excluding carboxylic acids is 1. The SMILES string of the molecule is CS(=O)(=O)O/N=C(\N)N(OS(C)(=O)=O)C(=O)c1ccccc1. The van der Waals surface area contributed by atoms with Crippen LogP contribution in [0.1, 0.15) is 10.4 Å². The quantitative estimate of drug-likeness (QED) is 0.413. The summed E-state index contributed by atoms with van der Waals surface area (Å²) in [5.41, 5.74) is 5.38. The summed E-state index contributed by atoms with van der Waals surface area (Å²) < 4.78 is 52.5. The van der Waals surface area contributed by atoms with Crippen molar-refractivity contribution in [2.24, 2.45) is 10.9 Å². The molecule has 1 amide bonds. The lowest BCUT2D eigenvalue weighted by Crippen LogP contribution is -2.43. The van der Waals surface area contributed by atoms with Gasteiger partial charge in [0.2, 0.25) is 0 Å². The summed E-state index contributed by atoms with van der Waals surface area (Å²) >= 11 is 0. The maximum atomic E-state index is 12.2. The Balaban J connectivity index is 3.16. The molecule has 122 valence electrons. The molecule has 0 aromatic heterocycles. The van der Waals surface area contributed by atoms with E-state index in [-0.39, 0.29) is 10.6 Å². The van der Waals surface area contributed by atoms with E-state index in [9.17, 15) is 21.6 Å². The lowest BCUT2D eigenvalue weighted by molar-refractivity contribution is 0.0190. The third kappa shape index (κ3) is 6.07. The van der Waals surface area contributed by atoms with E-state index in [4.69, 9.17) is 5.73 Å². The highest BCUT2D eigenvalue weighted by Crippen LogP contribution is 2.08. The van der Waals surface area contributed by atoms with Gasteiger partial charge in [0.15, 0.2) is 0 Å². The third-order valence-corrected chi connectivity index (χ3v) is 2.65. The van der Waals surface area contributed by atoms with Gasteiger partial charge >= 0.3 is 10.1 Å². The van der Waals surface area contributed by atoms with E-state index in [0.29, 0.717) is 12.5 Å². The summed E-state index contributed by atoms with van der Waals surface area (Å²) in [7, 11) is -8.13. The average Bonchev–Trinajstić information content (AvgIpc) is 2.40. The number of rotatable bonds is 5. The molecule has 0 aliphatic rings. The first-order chi connectivity index (χ1) is 9.99. The van der Waals surface area contributed by atoms with Crippen LogP contribution >= 0.6 is 0 Å². The number of guanidine groups is 1. The van der Waals surface area contributed by atoms with E-state index in [1.165, 1.54) is 24.3 Å². The maximum Gasteiger partial charge on any atom is 0.325 e. The highest BCUT2D eigenvalue weighted by atomic mass is 32.2. The van der Waals surface area contributed by atoms with Crippen molar-refractivity contribution in [3.8, 4) is 0 Å². The Labute approximate surface area is 127 Å². The van der Waals surface area contributed by atoms with Gasteiger partial charge in [0.25, 0.3) is 22.0 Å². The first-order valence-electron chi connectivity index (χ1n) is 5.51. The number of amides is 1. The number of hydroxylamine groups is 2. The molecule has 22 heavy (non-hydrogen) atoms. The first-order valence-corrected chi connectivity index (χ1v) is 9.14. The second-order valence-corrected chi connectivity index (χ2v) is 7.09. The van der Waals surface area contributed by atoms with Gasteiger partial charge in [-0.3, -0.25) is 9.08 Å². The van der Waals surface area contributed by atoms with Crippen LogP contribution in [-0.4, -0.2) is 46.3 Å². The van der Waals surface area contributed by atoms with Crippen LogP contribution in [0.25, 0.3) is 0 Å². The van der Waals surface area contributed by atoms with Crippen molar-refractivity contribution in [2.75, 3.05) is 12.5 Å². The number of nitrogens with zero attached hydrogens (tertiary/aromatic N) is 2. The number of hydrogen-bond acceptors (Lipinski definition) is 8. The van der Waals surface area contributed by atoms with Crippen molar-refractivity contribution in [2.45, 2.75) is 0 Å². The molecule has 0 radical (unpaired) electrons. The Bertz CT molecular complexity index is 772. The predicted molar refractivity (Wildman–Crippen MR) is 76.1 cm³/mol. The molecule has 0 saturated heterocycles. The van der Waals surface area contributed by atoms with Gasteiger partial charge in [-0.2, -0.15) is 16.8 Å². The zero-order valence-electron chi connectivity index (χ0n) is 11.5. The fourth-order valence-corrected chi connectivity index (χ4v) is 1.78. The normalized spacial score (nSPS) is 12.7. The Kier molecular flexibility index (Phi) is 5.46. The van der Waals surface area contributed by atoms with E-state index in [1.54, 1.807) is 6.07 Å². The molecule has 0 saturated carbocycles. The molecule has 0 atom stereocenters. The highest BCUT2D eigenvalue weighted by molar-refractivity contribution is 7.86. The Morgan fingerprint density at radius 1 is 1.09 bits per heavy atom. The summed E-state index contributed by atoms with van der Waals surface area (Å²) in [5.74, 6) is -1.89. The largest absolute Gasteiger partial charge is 0.365 e. The fourth-order valence-electron chi connectivity index (χ4n) is 1.15. The molecular formula is C10H13N3O7S2. The van der Waals surface area contributed by atoms with Crippen molar-refractivity contribution in [3.63, 3.8) is 0 Å². The summed E-state index contributed by atoms with van der Waals surface area (Å²) in [6, 6.07) is 7.40. The van der Waals surface area contributed by atoms with E-state index >= 15 is 0 Å². The first kappa shape index (κ1) is 17.9. The van der Waals surface area contributed by atoms with Crippen molar-refractivity contribution in [3.05, 3.63) is 35.9 Å². The Morgan fingerprint density at radius 3 is 2.09 bits per heavy atom. The van der Waals surface area contributed by atoms with E-state index < -0.39 is 32.1 Å². The van der Waals surface area contributed by atoms with Crippen LogP contribution in [0.5, 0.6) is 0 Å². The lowest BCUT2D eigenvalue weighted by atomic mass is 10.2. The molecule has 0 aliphatic heterocycles. The van der Waals surface area contributed by atoms with Crippen molar-refractivity contribution in [1.29, 1.82) is 0 Å². The second-order valence-electron chi connectivity index (χ2n) is 3.97. The van der Waals surface area contributed by atoms with Gasteiger partial charge in [0.05, 0.1) is 12.5 Å². The summed E-state index contributed by atoms with van der Waals surface area (Å²) in [6.45, 7) is 0. The number of nitrogens with two attached hydrogens (primary N) is 1. The van der Waals surface area contributed by atoms with Gasteiger partial charge < -0.3 is 5.73 Å². The van der Waals surface area contributed by atoms with E-state index in [1.807, 2.05) is 0 Å². The second kappa shape index (κ2) is 6.72. The number of carbonyl (C=O) groups is 1. The van der Waals surface area contributed by atoms with E-state index in [0.717, 1.165) is 0 Å². The minimum Gasteiger partial charge on any atom is -0.365 e. The Hall–Kier alpha value is -2.18. The van der Waals surface area contributed by atoms with E-state index in [2.05, 4.69) is 13.7 Å². The summed E-state index contributed by atoms with van der Waals surface area (Å²) in [4.78, 5) is 12.2. The van der Waals surface area contributed by atoms with Gasteiger partial charge in [-0.05, 0) is 17.3 Å².